The van der Waals surface area contributed by atoms with Gasteiger partial charge in [0.1, 0.15) is 0 Å². The second-order valence-corrected chi connectivity index (χ2v) is 6.39. The molecular weight excluding hydrogens is 324 g/mol. The molecule has 0 bridgehead atoms. The van der Waals surface area contributed by atoms with E-state index in [9.17, 15) is 0 Å². The molecule has 3 rings (SSSR count). The van der Waals surface area contributed by atoms with E-state index in [-0.39, 0.29) is 0 Å². The Labute approximate surface area is 154 Å². The second-order valence-electron chi connectivity index (χ2n) is 6.39. The highest BCUT2D eigenvalue weighted by Crippen LogP contribution is 2.08. The van der Waals surface area contributed by atoms with Crippen molar-refractivity contribution in [1.29, 1.82) is 0 Å². The molecule has 2 heterocycles. The van der Waals surface area contributed by atoms with Gasteiger partial charge in [-0.2, -0.15) is 5.10 Å². The summed E-state index contributed by atoms with van der Waals surface area (Å²) in [6.07, 6.45) is 5.84. The molecule has 0 aliphatic heterocycles. The van der Waals surface area contributed by atoms with Crippen LogP contribution in [0.5, 0.6) is 0 Å². The molecule has 0 saturated carbocycles. The van der Waals surface area contributed by atoms with Gasteiger partial charge in [-0.05, 0) is 29.3 Å². The highest BCUT2D eigenvalue weighted by molar-refractivity contribution is 5.79. The maximum atomic E-state index is 4.40. The third-order valence-electron chi connectivity index (χ3n) is 4.37. The molecule has 0 spiro atoms. The molecule has 6 heteroatoms. The third-order valence-corrected chi connectivity index (χ3v) is 4.37. The van der Waals surface area contributed by atoms with Gasteiger partial charge in [-0.1, -0.05) is 24.3 Å². The minimum absolute atomic E-state index is 0.733. The first-order valence-electron chi connectivity index (χ1n) is 8.73. The lowest BCUT2D eigenvalue weighted by Crippen LogP contribution is -2.38. The van der Waals surface area contributed by atoms with Crippen molar-refractivity contribution in [3.8, 4) is 0 Å². The summed E-state index contributed by atoms with van der Waals surface area (Å²) in [5.41, 5.74) is 3.71. The van der Waals surface area contributed by atoms with Crippen molar-refractivity contribution >= 4 is 5.96 Å². The van der Waals surface area contributed by atoms with Gasteiger partial charge in [0.2, 0.25) is 0 Å². The van der Waals surface area contributed by atoms with E-state index >= 15 is 0 Å². The number of aromatic nitrogens is 3. The van der Waals surface area contributed by atoms with Gasteiger partial charge in [-0.25, -0.2) is 0 Å². The molecule has 0 aliphatic rings. The van der Waals surface area contributed by atoms with Crippen molar-refractivity contribution in [3.63, 3.8) is 0 Å². The minimum Gasteiger partial charge on any atom is -0.353 e. The third kappa shape index (κ3) is 4.53. The first kappa shape index (κ1) is 17.8. The van der Waals surface area contributed by atoms with Crippen LogP contribution in [0.15, 0.2) is 66.0 Å². The first-order valence-corrected chi connectivity index (χ1v) is 8.73. The summed E-state index contributed by atoms with van der Waals surface area (Å²) >= 11 is 0. The Morgan fingerprint density at radius 1 is 1.15 bits per heavy atom. The smallest absolute Gasteiger partial charge is 0.194 e. The fraction of sp³-hybridized carbons (Fsp3) is 0.300. The van der Waals surface area contributed by atoms with Crippen LogP contribution in [0.2, 0.25) is 0 Å². The molecular formula is C20H26N6. The fourth-order valence-electron chi connectivity index (χ4n) is 2.96. The highest BCUT2D eigenvalue weighted by Gasteiger charge is 2.08. The van der Waals surface area contributed by atoms with E-state index in [2.05, 4.69) is 81.6 Å². The van der Waals surface area contributed by atoms with E-state index in [0.29, 0.717) is 0 Å². The monoisotopic (exact) mass is 350 g/mol. The largest absolute Gasteiger partial charge is 0.353 e. The standard InChI is InChI=1S/C20H26N6/c1-21-20(25(3)16-19-9-5-11-24(19)2)22-14-17-7-4-8-18(13-17)15-26-12-6-10-23-26/h4-13H,14-16H2,1-3H3,(H,21,22). The van der Waals surface area contributed by atoms with Crippen LogP contribution in [0.4, 0.5) is 0 Å². The topological polar surface area (TPSA) is 50.4 Å². The Morgan fingerprint density at radius 2 is 2.00 bits per heavy atom. The van der Waals surface area contributed by atoms with Gasteiger partial charge < -0.3 is 14.8 Å². The van der Waals surface area contributed by atoms with Crippen LogP contribution in [0.25, 0.3) is 0 Å². The number of guanidine groups is 1. The van der Waals surface area contributed by atoms with Gasteiger partial charge in [0.25, 0.3) is 0 Å². The van der Waals surface area contributed by atoms with E-state index in [0.717, 1.165) is 25.6 Å². The molecule has 0 amide bonds. The Bertz CT molecular complexity index is 847. The minimum atomic E-state index is 0.733. The van der Waals surface area contributed by atoms with Crippen molar-refractivity contribution in [2.75, 3.05) is 14.1 Å². The zero-order chi connectivity index (χ0) is 18.4. The van der Waals surface area contributed by atoms with Crippen LogP contribution < -0.4 is 5.32 Å². The van der Waals surface area contributed by atoms with Crippen molar-refractivity contribution in [1.82, 2.24) is 24.6 Å². The number of nitrogens with zero attached hydrogens (tertiary/aromatic N) is 5. The Kier molecular flexibility index (Phi) is 5.73. The van der Waals surface area contributed by atoms with Crippen LogP contribution in [-0.2, 0) is 26.7 Å². The number of benzene rings is 1. The van der Waals surface area contributed by atoms with Crippen LogP contribution >= 0.6 is 0 Å². The molecule has 0 radical (unpaired) electrons. The molecule has 0 aliphatic carbocycles. The lowest BCUT2D eigenvalue weighted by atomic mass is 10.1. The zero-order valence-electron chi connectivity index (χ0n) is 15.6. The Hall–Kier alpha value is -3.02. The van der Waals surface area contributed by atoms with Gasteiger partial charge in [0.05, 0.1) is 13.1 Å². The Morgan fingerprint density at radius 3 is 2.69 bits per heavy atom. The number of hydrogen-bond acceptors (Lipinski definition) is 2. The number of rotatable bonds is 6. The summed E-state index contributed by atoms with van der Waals surface area (Å²) in [7, 11) is 5.93. The van der Waals surface area contributed by atoms with Gasteiger partial charge in [0, 0.05) is 52.0 Å². The zero-order valence-corrected chi connectivity index (χ0v) is 15.6. The summed E-state index contributed by atoms with van der Waals surface area (Å²) in [5.74, 6) is 0.878. The van der Waals surface area contributed by atoms with Crippen molar-refractivity contribution < 1.29 is 0 Å². The normalized spacial score (nSPS) is 11.6. The summed E-state index contributed by atoms with van der Waals surface area (Å²) in [6.45, 7) is 2.32. The molecule has 26 heavy (non-hydrogen) atoms. The molecule has 0 fully saturated rings. The maximum absolute atomic E-state index is 4.40. The molecule has 1 N–H and O–H groups in total. The summed E-state index contributed by atoms with van der Waals surface area (Å²) in [5, 5.41) is 7.72. The van der Waals surface area contributed by atoms with E-state index in [1.54, 1.807) is 6.20 Å². The van der Waals surface area contributed by atoms with E-state index in [4.69, 9.17) is 0 Å². The summed E-state index contributed by atoms with van der Waals surface area (Å²) in [4.78, 5) is 6.53. The molecule has 2 aromatic heterocycles. The number of aryl methyl sites for hydroxylation is 1. The number of hydrogen-bond donors (Lipinski definition) is 1. The van der Waals surface area contributed by atoms with E-state index in [1.807, 2.05) is 24.0 Å². The van der Waals surface area contributed by atoms with Gasteiger partial charge in [-0.15, -0.1) is 0 Å². The average molecular weight is 350 g/mol. The van der Waals surface area contributed by atoms with Crippen LogP contribution in [0, 0.1) is 0 Å². The molecule has 136 valence electrons. The average Bonchev–Trinajstić information content (AvgIpc) is 3.28. The summed E-state index contributed by atoms with van der Waals surface area (Å²) < 4.78 is 4.06. The summed E-state index contributed by atoms with van der Waals surface area (Å²) in [6, 6.07) is 14.7. The SMILES string of the molecule is CN=C(NCc1cccc(Cn2cccn2)c1)N(C)Cc1cccn1C. The molecule has 1 aromatic carbocycles. The predicted octanol–water partition coefficient (Wildman–Crippen LogP) is 2.48. The van der Waals surface area contributed by atoms with E-state index in [1.165, 1.54) is 16.8 Å². The van der Waals surface area contributed by atoms with E-state index < -0.39 is 0 Å². The molecule has 0 atom stereocenters. The molecule has 6 nitrogen and oxygen atoms in total. The van der Waals surface area contributed by atoms with Gasteiger partial charge >= 0.3 is 0 Å². The maximum Gasteiger partial charge on any atom is 0.194 e. The van der Waals surface area contributed by atoms with Crippen LogP contribution in [0.1, 0.15) is 16.8 Å². The van der Waals surface area contributed by atoms with Crippen molar-refractivity contribution in [2.24, 2.45) is 12.0 Å². The highest BCUT2D eigenvalue weighted by atomic mass is 15.3. The van der Waals surface area contributed by atoms with Crippen LogP contribution in [-0.4, -0.2) is 39.3 Å². The lowest BCUT2D eigenvalue weighted by Gasteiger charge is -2.22. The Balaban J connectivity index is 1.59. The second kappa shape index (κ2) is 8.38. The fourth-order valence-corrected chi connectivity index (χ4v) is 2.96. The molecule has 3 aromatic rings. The first-order chi connectivity index (χ1) is 12.7. The lowest BCUT2D eigenvalue weighted by molar-refractivity contribution is 0.461. The number of aliphatic imine (C=N–C) groups is 1. The molecule has 0 saturated heterocycles. The van der Waals surface area contributed by atoms with Gasteiger partial charge in [-0.3, -0.25) is 9.67 Å². The quantitative estimate of drug-likeness (QED) is 0.549. The van der Waals surface area contributed by atoms with Crippen LogP contribution in [0.3, 0.4) is 0 Å². The van der Waals surface area contributed by atoms with Crippen molar-refractivity contribution in [2.45, 2.75) is 19.6 Å². The predicted molar refractivity (Wildman–Crippen MR) is 105 cm³/mol. The number of nitrogens with one attached hydrogen (secondary N) is 1. The van der Waals surface area contributed by atoms with Crippen molar-refractivity contribution in [3.05, 3.63) is 77.9 Å². The molecule has 0 unspecified atom stereocenters. The van der Waals surface area contributed by atoms with Gasteiger partial charge in [0.15, 0.2) is 5.96 Å².